The van der Waals surface area contributed by atoms with E-state index in [1.54, 1.807) is 0 Å². The lowest BCUT2D eigenvalue weighted by molar-refractivity contribution is 0.0693. The molecule has 0 atom stereocenters. The standard InChI is InChI=1S/C4H2BNO2S/c5-3-2(4(7)8)6-1-9-3/h1H,(H,7,8). The molecule has 1 aromatic rings. The molecule has 5 heteroatoms. The lowest BCUT2D eigenvalue weighted by atomic mass is 10.1. The molecule has 0 aliphatic heterocycles. The van der Waals surface area contributed by atoms with Gasteiger partial charge < -0.3 is 5.11 Å². The molecule has 0 saturated heterocycles. The number of hydrogen-bond acceptors (Lipinski definition) is 3. The molecule has 3 nitrogen and oxygen atoms in total. The van der Waals surface area contributed by atoms with E-state index in [0.29, 0.717) is 0 Å². The number of thiazole rings is 1. The number of aromatic nitrogens is 1. The van der Waals surface area contributed by atoms with Crippen LogP contribution in [0.4, 0.5) is 0 Å². The lowest BCUT2D eigenvalue weighted by Crippen LogP contribution is -2.10. The third-order valence-corrected chi connectivity index (χ3v) is 1.46. The third kappa shape index (κ3) is 1.10. The Labute approximate surface area is 56.8 Å². The van der Waals surface area contributed by atoms with Crippen molar-refractivity contribution >= 4 is 29.9 Å². The topological polar surface area (TPSA) is 50.2 Å². The molecule has 0 bridgehead atoms. The van der Waals surface area contributed by atoms with Crippen molar-refractivity contribution in [1.82, 2.24) is 4.98 Å². The summed E-state index contributed by atoms with van der Waals surface area (Å²) in [4.78, 5) is 13.7. The zero-order valence-electron chi connectivity index (χ0n) is 4.37. The number of hydrogen-bond donors (Lipinski definition) is 1. The van der Waals surface area contributed by atoms with Gasteiger partial charge in [-0.2, -0.15) is 0 Å². The molecule has 0 fully saturated rings. The fourth-order valence-electron chi connectivity index (χ4n) is 0.416. The zero-order valence-corrected chi connectivity index (χ0v) is 5.18. The Morgan fingerprint density at radius 3 is 2.78 bits per heavy atom. The second kappa shape index (κ2) is 2.18. The van der Waals surface area contributed by atoms with Crippen molar-refractivity contribution in [3.63, 3.8) is 0 Å². The first-order valence-electron chi connectivity index (χ1n) is 2.14. The highest BCUT2D eigenvalue weighted by Crippen LogP contribution is 1.94. The quantitative estimate of drug-likeness (QED) is 0.540. The second-order valence-electron chi connectivity index (χ2n) is 1.37. The monoisotopic (exact) mass is 139 g/mol. The van der Waals surface area contributed by atoms with Gasteiger partial charge in [0.2, 0.25) is 0 Å². The van der Waals surface area contributed by atoms with Crippen LogP contribution in [0.25, 0.3) is 0 Å². The van der Waals surface area contributed by atoms with E-state index in [4.69, 9.17) is 13.0 Å². The molecule has 44 valence electrons. The molecule has 0 spiro atoms. The van der Waals surface area contributed by atoms with E-state index in [9.17, 15) is 4.79 Å². The van der Waals surface area contributed by atoms with Gasteiger partial charge in [-0.1, -0.05) is 0 Å². The molecule has 1 N–H and O–H groups in total. The van der Waals surface area contributed by atoms with Crippen molar-refractivity contribution in [2.45, 2.75) is 0 Å². The highest BCUT2D eigenvalue weighted by Gasteiger charge is 2.07. The van der Waals surface area contributed by atoms with Crippen LogP contribution in [0.1, 0.15) is 10.5 Å². The number of carbonyl (C=O) groups is 1. The number of carboxylic acids is 1. The highest BCUT2D eigenvalue weighted by atomic mass is 32.1. The van der Waals surface area contributed by atoms with Crippen molar-refractivity contribution < 1.29 is 9.90 Å². The van der Waals surface area contributed by atoms with Crippen molar-refractivity contribution in [2.75, 3.05) is 0 Å². The van der Waals surface area contributed by atoms with E-state index in [1.165, 1.54) is 5.51 Å². The van der Waals surface area contributed by atoms with Crippen LogP contribution in [-0.2, 0) is 0 Å². The van der Waals surface area contributed by atoms with Crippen molar-refractivity contribution in [3.8, 4) is 0 Å². The van der Waals surface area contributed by atoms with Crippen LogP contribution in [0.3, 0.4) is 0 Å². The minimum absolute atomic E-state index is 0.0556. The summed E-state index contributed by atoms with van der Waals surface area (Å²) in [6.45, 7) is 0. The van der Waals surface area contributed by atoms with E-state index >= 15 is 0 Å². The van der Waals surface area contributed by atoms with Gasteiger partial charge in [-0.15, -0.1) is 11.3 Å². The Bertz CT molecular complexity index is 234. The summed E-state index contributed by atoms with van der Waals surface area (Å²) >= 11 is 1.12. The largest absolute Gasteiger partial charge is 0.477 e. The smallest absolute Gasteiger partial charge is 0.354 e. The number of nitrogens with zero attached hydrogens (tertiary/aromatic N) is 1. The van der Waals surface area contributed by atoms with E-state index < -0.39 is 5.97 Å². The van der Waals surface area contributed by atoms with Gasteiger partial charge in [0, 0.05) is 0 Å². The summed E-state index contributed by atoms with van der Waals surface area (Å²) in [7, 11) is 5.22. The molecule has 0 saturated carbocycles. The molecular formula is C4H2BNO2S. The maximum atomic E-state index is 10.1. The van der Waals surface area contributed by atoms with Gasteiger partial charge >= 0.3 is 5.97 Å². The summed E-state index contributed by atoms with van der Waals surface area (Å²) < 4.78 is 0.252. The number of aromatic carboxylic acids is 1. The van der Waals surface area contributed by atoms with Crippen LogP contribution in [0.2, 0.25) is 0 Å². The summed E-state index contributed by atoms with van der Waals surface area (Å²) in [5, 5.41) is 8.32. The van der Waals surface area contributed by atoms with Gasteiger partial charge in [0.15, 0.2) is 5.69 Å². The van der Waals surface area contributed by atoms with Gasteiger partial charge in [0.1, 0.15) is 7.85 Å². The molecule has 9 heavy (non-hydrogen) atoms. The van der Waals surface area contributed by atoms with Crippen molar-refractivity contribution in [3.05, 3.63) is 11.2 Å². The summed E-state index contributed by atoms with van der Waals surface area (Å²) in [6.07, 6.45) is 0. The third-order valence-electron chi connectivity index (χ3n) is 0.797. The Morgan fingerprint density at radius 1 is 1.89 bits per heavy atom. The lowest BCUT2D eigenvalue weighted by Gasteiger charge is -1.84. The van der Waals surface area contributed by atoms with Crippen molar-refractivity contribution in [2.24, 2.45) is 0 Å². The molecule has 2 radical (unpaired) electrons. The molecule has 1 aromatic heterocycles. The molecule has 0 unspecified atom stereocenters. The van der Waals surface area contributed by atoms with Gasteiger partial charge in [-0.05, 0) is 4.78 Å². The molecule has 0 aliphatic rings. The molecular weight excluding hydrogens is 137 g/mol. The summed E-state index contributed by atoms with van der Waals surface area (Å²) in [5.41, 5.74) is 1.35. The Hall–Kier alpha value is -0.835. The minimum Gasteiger partial charge on any atom is -0.477 e. The molecule has 0 amide bonds. The first-order chi connectivity index (χ1) is 4.22. The summed E-state index contributed by atoms with van der Waals surface area (Å²) in [5.74, 6) is -1.08. The van der Waals surface area contributed by atoms with Crippen LogP contribution in [0.5, 0.6) is 0 Å². The van der Waals surface area contributed by atoms with Gasteiger partial charge in [0.25, 0.3) is 0 Å². The van der Waals surface area contributed by atoms with Crippen molar-refractivity contribution in [1.29, 1.82) is 0 Å². The molecule has 0 aromatic carbocycles. The second-order valence-corrected chi connectivity index (χ2v) is 2.26. The van der Waals surface area contributed by atoms with Gasteiger partial charge in [0.05, 0.1) is 5.51 Å². The van der Waals surface area contributed by atoms with Gasteiger partial charge in [-0.3, -0.25) is 0 Å². The van der Waals surface area contributed by atoms with E-state index in [0.717, 1.165) is 11.3 Å². The van der Waals surface area contributed by atoms with Crippen LogP contribution < -0.4 is 4.78 Å². The van der Waals surface area contributed by atoms with Crippen LogP contribution in [0.15, 0.2) is 5.51 Å². The Morgan fingerprint density at radius 2 is 2.56 bits per heavy atom. The summed E-state index contributed by atoms with van der Waals surface area (Å²) in [6, 6.07) is 0. The van der Waals surface area contributed by atoms with Gasteiger partial charge in [-0.25, -0.2) is 9.78 Å². The maximum absolute atomic E-state index is 10.1. The van der Waals surface area contributed by atoms with Crippen LogP contribution >= 0.6 is 11.3 Å². The van der Waals surface area contributed by atoms with Crippen LogP contribution in [-0.4, -0.2) is 23.9 Å². The van der Waals surface area contributed by atoms with E-state index in [2.05, 4.69) is 4.98 Å². The SMILES string of the molecule is [B]c1scnc1C(=O)O. The van der Waals surface area contributed by atoms with E-state index in [-0.39, 0.29) is 10.5 Å². The normalized spacial score (nSPS) is 9.33. The van der Waals surface area contributed by atoms with Crippen LogP contribution in [0, 0.1) is 0 Å². The molecule has 1 rings (SSSR count). The minimum atomic E-state index is -1.08. The predicted molar refractivity (Wildman–Crippen MR) is 34.5 cm³/mol. The number of carboxylic acid groups (broad SMARTS) is 1. The molecule has 1 heterocycles. The Kier molecular flexibility index (Phi) is 1.53. The first kappa shape index (κ1) is 6.29. The highest BCUT2D eigenvalue weighted by molar-refractivity contribution is 7.18. The number of rotatable bonds is 1. The molecule has 0 aliphatic carbocycles. The average molecular weight is 139 g/mol. The fraction of sp³-hybridized carbons (Fsp3) is 0. The zero-order chi connectivity index (χ0) is 6.85. The fourth-order valence-corrected chi connectivity index (χ4v) is 0.939. The van der Waals surface area contributed by atoms with E-state index in [1.807, 2.05) is 0 Å². The first-order valence-corrected chi connectivity index (χ1v) is 3.02. The average Bonchev–Trinajstić information content (AvgIpc) is 2.13. The maximum Gasteiger partial charge on any atom is 0.354 e. The predicted octanol–water partition coefficient (Wildman–Crippen LogP) is -0.365. The Balaban J connectivity index is 3.08.